The van der Waals surface area contributed by atoms with Crippen LogP contribution in [0.15, 0.2) is 0 Å². The predicted molar refractivity (Wildman–Crippen MR) is 44.5 cm³/mol. The lowest BCUT2D eigenvalue weighted by Crippen LogP contribution is -2.24. The number of ether oxygens (including phenoxy) is 1. The molecule has 10 heavy (non-hydrogen) atoms. The highest BCUT2D eigenvalue weighted by molar-refractivity contribution is 8.08. The lowest BCUT2D eigenvalue weighted by atomic mass is 9.98. The topological polar surface area (TPSA) is 26.3 Å². The van der Waals surface area contributed by atoms with Gasteiger partial charge in [-0.15, -0.1) is 0 Å². The Hall–Kier alpha value is 0.400. The van der Waals surface area contributed by atoms with E-state index in [-0.39, 0.29) is 5.41 Å². The Morgan fingerprint density at radius 1 is 1.60 bits per heavy atom. The van der Waals surface area contributed by atoms with E-state index in [9.17, 15) is 4.21 Å². The second kappa shape index (κ2) is 4.31. The molecule has 0 saturated heterocycles. The summed E-state index contributed by atoms with van der Waals surface area (Å²) in [6.45, 7) is 4.53. The number of hydrogen-bond donors (Lipinski definition) is 0. The minimum atomic E-state index is -1.24. The highest BCUT2D eigenvalue weighted by atomic mass is 35.7. The molecule has 0 fully saturated rings. The number of hydrogen-bond acceptors (Lipinski definition) is 2. The van der Waals surface area contributed by atoms with E-state index < -0.39 is 10.0 Å². The molecule has 0 heterocycles. The van der Waals surface area contributed by atoms with Crippen LogP contribution in [0.1, 0.15) is 13.8 Å². The molecule has 0 amide bonds. The standard InChI is InChI=1S/C6H13ClO2S/c1-6(2,4-9-3)5-10(7)8/h4-5H2,1-3H3. The molecule has 62 valence electrons. The van der Waals surface area contributed by atoms with Gasteiger partial charge in [0.15, 0.2) is 0 Å². The van der Waals surface area contributed by atoms with Crippen LogP contribution in [-0.2, 0) is 14.7 Å². The van der Waals surface area contributed by atoms with Gasteiger partial charge in [0.1, 0.15) is 10.0 Å². The lowest BCUT2D eigenvalue weighted by Gasteiger charge is -2.20. The van der Waals surface area contributed by atoms with Gasteiger partial charge in [-0.3, -0.25) is 0 Å². The third kappa shape index (κ3) is 5.21. The van der Waals surface area contributed by atoms with Crippen LogP contribution >= 0.6 is 10.7 Å². The Morgan fingerprint density at radius 2 is 2.10 bits per heavy atom. The molecule has 0 bridgehead atoms. The maximum absolute atomic E-state index is 10.6. The van der Waals surface area contributed by atoms with Gasteiger partial charge < -0.3 is 4.74 Å². The normalized spacial score (nSPS) is 15.2. The first-order valence-corrected chi connectivity index (χ1v) is 5.16. The fourth-order valence-electron chi connectivity index (χ4n) is 0.740. The fourth-order valence-corrected chi connectivity index (χ4v) is 2.32. The maximum atomic E-state index is 10.6. The van der Waals surface area contributed by atoms with Crippen molar-refractivity contribution in [2.24, 2.45) is 5.41 Å². The van der Waals surface area contributed by atoms with Crippen molar-refractivity contribution in [2.45, 2.75) is 13.8 Å². The molecule has 0 radical (unpaired) electrons. The summed E-state index contributed by atoms with van der Waals surface area (Å²) in [5, 5.41) is 0. The van der Waals surface area contributed by atoms with Crippen LogP contribution < -0.4 is 0 Å². The smallest absolute Gasteiger partial charge is 0.115 e. The van der Waals surface area contributed by atoms with Crippen LogP contribution in [0.3, 0.4) is 0 Å². The van der Waals surface area contributed by atoms with Gasteiger partial charge in [0.2, 0.25) is 0 Å². The largest absolute Gasteiger partial charge is 0.384 e. The molecule has 0 aliphatic carbocycles. The minimum absolute atomic E-state index is 0.0820. The van der Waals surface area contributed by atoms with E-state index in [0.717, 1.165) is 0 Å². The average molecular weight is 185 g/mol. The first kappa shape index (κ1) is 10.4. The van der Waals surface area contributed by atoms with Gasteiger partial charge in [-0.2, -0.15) is 0 Å². The molecule has 2 nitrogen and oxygen atoms in total. The van der Waals surface area contributed by atoms with E-state index >= 15 is 0 Å². The van der Waals surface area contributed by atoms with E-state index in [2.05, 4.69) is 0 Å². The zero-order chi connectivity index (χ0) is 8.20. The highest BCUT2D eigenvalue weighted by Crippen LogP contribution is 2.17. The van der Waals surface area contributed by atoms with E-state index in [0.29, 0.717) is 12.4 Å². The van der Waals surface area contributed by atoms with Crippen LogP contribution in [0, 0.1) is 5.41 Å². The van der Waals surface area contributed by atoms with Crippen molar-refractivity contribution in [2.75, 3.05) is 19.5 Å². The third-order valence-electron chi connectivity index (χ3n) is 1.04. The van der Waals surface area contributed by atoms with E-state index in [1.165, 1.54) is 0 Å². The van der Waals surface area contributed by atoms with Gasteiger partial charge in [0, 0.05) is 18.3 Å². The summed E-state index contributed by atoms with van der Waals surface area (Å²) in [5.41, 5.74) is -0.0820. The summed E-state index contributed by atoms with van der Waals surface area (Å²) < 4.78 is 15.5. The summed E-state index contributed by atoms with van der Waals surface area (Å²) in [5.74, 6) is 0.475. The summed E-state index contributed by atoms with van der Waals surface area (Å²) >= 11 is 0. The van der Waals surface area contributed by atoms with Crippen molar-refractivity contribution in [3.63, 3.8) is 0 Å². The molecule has 0 aromatic heterocycles. The molecule has 0 aromatic rings. The summed E-state index contributed by atoms with van der Waals surface area (Å²) in [6.07, 6.45) is 0. The Balaban J connectivity index is 3.74. The molecule has 1 atom stereocenters. The van der Waals surface area contributed by atoms with Crippen LogP contribution in [0.5, 0.6) is 0 Å². The highest BCUT2D eigenvalue weighted by Gasteiger charge is 2.19. The lowest BCUT2D eigenvalue weighted by molar-refractivity contribution is 0.119. The van der Waals surface area contributed by atoms with Gasteiger partial charge in [-0.05, 0) is 10.7 Å². The Labute approximate surface area is 68.9 Å². The molecule has 0 spiro atoms. The maximum Gasteiger partial charge on any atom is 0.115 e. The van der Waals surface area contributed by atoms with Gasteiger partial charge >= 0.3 is 0 Å². The summed E-state index contributed by atoms with van der Waals surface area (Å²) in [6, 6.07) is 0. The van der Waals surface area contributed by atoms with Crippen molar-refractivity contribution < 1.29 is 8.95 Å². The van der Waals surface area contributed by atoms with Gasteiger partial charge in [-0.1, -0.05) is 13.8 Å². The molecule has 0 aliphatic heterocycles. The second-order valence-electron chi connectivity index (χ2n) is 3.03. The quantitative estimate of drug-likeness (QED) is 0.620. The Morgan fingerprint density at radius 3 is 2.40 bits per heavy atom. The van der Waals surface area contributed by atoms with Crippen molar-refractivity contribution >= 4 is 20.7 Å². The van der Waals surface area contributed by atoms with Crippen LogP contribution in [-0.4, -0.2) is 23.7 Å². The second-order valence-corrected chi connectivity index (χ2v) is 4.93. The molecule has 0 aromatic carbocycles. The first-order chi connectivity index (χ1) is 4.48. The fraction of sp³-hybridized carbons (Fsp3) is 1.00. The monoisotopic (exact) mass is 184 g/mol. The van der Waals surface area contributed by atoms with Gasteiger partial charge in [-0.25, -0.2) is 4.21 Å². The van der Waals surface area contributed by atoms with Crippen LogP contribution in [0.4, 0.5) is 0 Å². The molecular weight excluding hydrogens is 172 g/mol. The van der Waals surface area contributed by atoms with Crippen LogP contribution in [0.25, 0.3) is 0 Å². The number of methoxy groups -OCH3 is 1. The molecule has 4 heteroatoms. The Bertz CT molecular complexity index is 125. The van der Waals surface area contributed by atoms with Gasteiger partial charge in [0.25, 0.3) is 0 Å². The molecule has 0 N–H and O–H groups in total. The van der Waals surface area contributed by atoms with Crippen LogP contribution in [0.2, 0.25) is 0 Å². The summed E-state index contributed by atoms with van der Waals surface area (Å²) in [7, 11) is 5.69. The number of halogens is 1. The zero-order valence-electron chi connectivity index (χ0n) is 6.52. The van der Waals surface area contributed by atoms with E-state index in [1.807, 2.05) is 13.8 Å². The van der Waals surface area contributed by atoms with Crippen molar-refractivity contribution in [3.8, 4) is 0 Å². The molecular formula is C6H13ClO2S. The minimum Gasteiger partial charge on any atom is -0.384 e. The van der Waals surface area contributed by atoms with Crippen molar-refractivity contribution in [3.05, 3.63) is 0 Å². The first-order valence-electron chi connectivity index (χ1n) is 3.01. The number of rotatable bonds is 4. The molecule has 1 unspecified atom stereocenters. The van der Waals surface area contributed by atoms with Crippen molar-refractivity contribution in [1.82, 2.24) is 0 Å². The Kier molecular flexibility index (Phi) is 4.49. The molecule has 0 aliphatic rings. The predicted octanol–water partition coefficient (Wildman–Crippen LogP) is 1.56. The van der Waals surface area contributed by atoms with Gasteiger partial charge in [0.05, 0.1) is 6.61 Å². The average Bonchev–Trinajstić information content (AvgIpc) is 1.59. The SMILES string of the molecule is COCC(C)(C)CS(=O)Cl. The summed E-state index contributed by atoms with van der Waals surface area (Å²) in [4.78, 5) is 0. The van der Waals surface area contributed by atoms with E-state index in [1.54, 1.807) is 7.11 Å². The molecule has 0 rings (SSSR count). The third-order valence-corrected chi connectivity index (χ3v) is 2.38. The zero-order valence-corrected chi connectivity index (χ0v) is 8.09. The van der Waals surface area contributed by atoms with E-state index in [4.69, 9.17) is 15.4 Å². The molecule has 0 saturated carbocycles. The van der Waals surface area contributed by atoms with Crippen molar-refractivity contribution in [1.29, 1.82) is 0 Å².